The second-order valence-corrected chi connectivity index (χ2v) is 12.1. The number of anilines is 1. The molecule has 0 spiro atoms. The van der Waals surface area contributed by atoms with E-state index >= 15 is 4.39 Å². The van der Waals surface area contributed by atoms with E-state index in [4.69, 9.17) is 13.9 Å². The number of oxazole rings is 1. The lowest BCUT2D eigenvalue weighted by atomic mass is 10.1. The molecule has 0 aliphatic rings. The van der Waals surface area contributed by atoms with Gasteiger partial charge in [-0.15, -0.1) is 0 Å². The van der Waals surface area contributed by atoms with Gasteiger partial charge in [-0.05, 0) is 36.8 Å². The van der Waals surface area contributed by atoms with Crippen LogP contribution in [0.2, 0.25) is 0 Å². The van der Waals surface area contributed by atoms with Gasteiger partial charge >= 0.3 is 5.76 Å². The van der Waals surface area contributed by atoms with Crippen molar-refractivity contribution in [2.24, 2.45) is 0 Å². The molecule has 3 aromatic carbocycles. The monoisotopic (exact) mass is 648 g/mol. The summed E-state index contributed by atoms with van der Waals surface area (Å²) in [4.78, 5) is 16.2. The molecule has 0 bridgehead atoms. The Bertz CT molecular complexity index is 1860. The Morgan fingerprint density at radius 2 is 1.95 bits per heavy atom. The zero-order valence-electron chi connectivity index (χ0n) is 21.4. The van der Waals surface area contributed by atoms with Crippen molar-refractivity contribution in [2.75, 3.05) is 18.5 Å². The van der Waals surface area contributed by atoms with Crippen LogP contribution in [0.1, 0.15) is 24.1 Å². The van der Waals surface area contributed by atoms with E-state index in [0.29, 0.717) is 17.1 Å². The van der Waals surface area contributed by atoms with Crippen LogP contribution in [0.3, 0.4) is 0 Å². The minimum Gasteiger partial charge on any atom is -0.497 e. The maximum absolute atomic E-state index is 15.7. The van der Waals surface area contributed by atoms with E-state index in [9.17, 15) is 13.2 Å². The second-order valence-electron chi connectivity index (χ2n) is 8.63. The first kappa shape index (κ1) is 27.8. The fourth-order valence-corrected chi connectivity index (χ4v) is 6.91. The van der Waals surface area contributed by atoms with Crippen LogP contribution in [-0.4, -0.2) is 36.6 Å². The maximum atomic E-state index is 15.7. The van der Waals surface area contributed by atoms with Crippen LogP contribution < -0.4 is 19.5 Å². The van der Waals surface area contributed by atoms with Gasteiger partial charge in [0.2, 0.25) is 5.13 Å². The maximum Gasteiger partial charge on any atom is 0.420 e. The molecule has 1 atom stereocenters. The Kier molecular flexibility index (Phi) is 7.66. The predicted molar refractivity (Wildman–Crippen MR) is 151 cm³/mol. The molecule has 208 valence electrons. The van der Waals surface area contributed by atoms with E-state index in [1.54, 1.807) is 25.1 Å². The third-order valence-electron chi connectivity index (χ3n) is 6.32. The molecule has 0 N–H and O–H groups in total. The average molecular weight is 650 g/mol. The molecule has 5 aromatic rings. The molecule has 2 heterocycles. The molecule has 0 aliphatic carbocycles. The quantitative estimate of drug-likeness (QED) is 0.209. The SMILES string of the molecule is COc1ccc(CN(c2ncns2)S(=O)(=O)c2cc3oc(=O)n(C(C)c4cccc(Br)c4)c3cc2F)c(OC)c1. The summed E-state index contributed by atoms with van der Waals surface area (Å²) in [5.41, 5.74) is 1.29. The Balaban J connectivity index is 1.60. The van der Waals surface area contributed by atoms with E-state index in [-0.39, 0.29) is 22.8 Å². The van der Waals surface area contributed by atoms with Crippen molar-refractivity contribution in [2.45, 2.75) is 24.4 Å². The third-order valence-corrected chi connectivity index (χ3v) is 9.37. The van der Waals surface area contributed by atoms with E-state index in [1.807, 2.05) is 24.3 Å². The Morgan fingerprint density at radius 1 is 1.15 bits per heavy atom. The van der Waals surface area contributed by atoms with Crippen LogP contribution >= 0.6 is 27.5 Å². The highest BCUT2D eigenvalue weighted by molar-refractivity contribution is 9.10. The van der Waals surface area contributed by atoms with Crippen LogP contribution in [0.25, 0.3) is 11.1 Å². The van der Waals surface area contributed by atoms with Gasteiger partial charge in [0.15, 0.2) is 5.58 Å². The van der Waals surface area contributed by atoms with Crippen molar-refractivity contribution in [3.8, 4) is 11.5 Å². The minimum atomic E-state index is -4.56. The van der Waals surface area contributed by atoms with Gasteiger partial charge in [0.1, 0.15) is 28.5 Å². The van der Waals surface area contributed by atoms with Crippen molar-refractivity contribution in [3.05, 3.63) is 92.9 Å². The van der Waals surface area contributed by atoms with Gasteiger partial charge in [0.25, 0.3) is 10.0 Å². The number of benzene rings is 3. The second kappa shape index (κ2) is 11.0. The standard InChI is InChI=1S/C26H22BrFN4O6S2/c1-15(16-5-4-6-18(27)9-16)32-21-11-20(28)24(12-23(21)38-26(32)33)40(34,35)31(25-29-14-30-39-25)13-17-7-8-19(36-2)10-22(17)37-3/h4-12,14-15H,13H2,1-3H3. The third kappa shape index (κ3) is 5.09. The van der Waals surface area contributed by atoms with Crippen molar-refractivity contribution in [1.82, 2.24) is 13.9 Å². The summed E-state index contributed by atoms with van der Waals surface area (Å²) in [6, 6.07) is 13.7. The lowest BCUT2D eigenvalue weighted by Gasteiger charge is -2.23. The lowest BCUT2D eigenvalue weighted by Crippen LogP contribution is -2.31. The van der Waals surface area contributed by atoms with Gasteiger partial charge in [-0.3, -0.25) is 4.57 Å². The van der Waals surface area contributed by atoms with Crippen LogP contribution in [0.15, 0.2) is 79.5 Å². The lowest BCUT2D eigenvalue weighted by molar-refractivity contribution is 0.391. The van der Waals surface area contributed by atoms with Gasteiger partial charge in [-0.25, -0.2) is 26.9 Å². The fourth-order valence-electron chi connectivity index (χ4n) is 4.30. The van der Waals surface area contributed by atoms with Gasteiger partial charge in [-0.2, -0.15) is 4.37 Å². The molecule has 5 rings (SSSR count). The van der Waals surface area contributed by atoms with Crippen molar-refractivity contribution >= 4 is 53.7 Å². The first-order chi connectivity index (χ1) is 19.1. The molecule has 40 heavy (non-hydrogen) atoms. The van der Waals surface area contributed by atoms with Gasteiger partial charge in [0, 0.05) is 39.8 Å². The molecule has 0 aliphatic heterocycles. The van der Waals surface area contributed by atoms with Crippen LogP contribution in [0.4, 0.5) is 9.52 Å². The Labute approximate surface area is 240 Å². The summed E-state index contributed by atoms with van der Waals surface area (Å²) in [6.07, 6.45) is 1.20. The zero-order valence-corrected chi connectivity index (χ0v) is 24.6. The van der Waals surface area contributed by atoms with E-state index in [2.05, 4.69) is 25.3 Å². The zero-order chi connectivity index (χ0) is 28.6. The smallest absolute Gasteiger partial charge is 0.420 e. The van der Waals surface area contributed by atoms with Crippen molar-refractivity contribution < 1.29 is 26.7 Å². The molecule has 0 saturated heterocycles. The number of hydrogen-bond donors (Lipinski definition) is 0. The minimum absolute atomic E-state index is 0.0136. The Morgan fingerprint density at radius 3 is 2.62 bits per heavy atom. The summed E-state index contributed by atoms with van der Waals surface area (Å²) >= 11 is 4.24. The highest BCUT2D eigenvalue weighted by Crippen LogP contribution is 2.34. The van der Waals surface area contributed by atoms with E-state index in [1.165, 1.54) is 25.1 Å². The van der Waals surface area contributed by atoms with Gasteiger partial charge in [0.05, 0.1) is 32.3 Å². The molecule has 0 amide bonds. The number of fused-ring (bicyclic) bond motifs is 1. The Hall–Kier alpha value is -3.75. The molecular weight excluding hydrogens is 627 g/mol. The fraction of sp³-hybridized carbons (Fsp3) is 0.192. The topological polar surface area (TPSA) is 117 Å². The van der Waals surface area contributed by atoms with Crippen LogP contribution in [0.5, 0.6) is 11.5 Å². The molecule has 2 aromatic heterocycles. The predicted octanol–water partition coefficient (Wildman–Crippen LogP) is 5.37. The molecule has 1 unspecified atom stereocenters. The average Bonchev–Trinajstić information content (AvgIpc) is 3.58. The number of sulfonamides is 1. The molecule has 0 fully saturated rings. The number of nitrogens with zero attached hydrogens (tertiary/aromatic N) is 4. The summed E-state index contributed by atoms with van der Waals surface area (Å²) < 4.78 is 66.5. The molecule has 10 nitrogen and oxygen atoms in total. The highest BCUT2D eigenvalue weighted by Gasteiger charge is 2.33. The number of ether oxygens (including phenoxy) is 2. The first-order valence-electron chi connectivity index (χ1n) is 11.7. The largest absolute Gasteiger partial charge is 0.497 e. The molecule has 0 radical (unpaired) electrons. The number of halogens is 2. The molecular formula is C26H22BrFN4O6S2. The summed E-state index contributed by atoms with van der Waals surface area (Å²) in [6.45, 7) is 1.52. The molecule has 0 saturated carbocycles. The number of hydrogen-bond acceptors (Lipinski definition) is 9. The van der Waals surface area contributed by atoms with Gasteiger partial charge in [-0.1, -0.05) is 28.1 Å². The van der Waals surface area contributed by atoms with E-state index in [0.717, 1.165) is 38.0 Å². The van der Waals surface area contributed by atoms with Crippen LogP contribution in [-0.2, 0) is 16.6 Å². The first-order valence-corrected chi connectivity index (χ1v) is 14.7. The van der Waals surface area contributed by atoms with E-state index < -0.39 is 32.5 Å². The number of aromatic nitrogens is 3. The molecule has 14 heteroatoms. The number of rotatable bonds is 9. The van der Waals surface area contributed by atoms with Crippen LogP contribution in [0, 0.1) is 5.82 Å². The summed E-state index contributed by atoms with van der Waals surface area (Å²) in [5, 5.41) is 0.0136. The number of methoxy groups -OCH3 is 2. The summed E-state index contributed by atoms with van der Waals surface area (Å²) in [5.74, 6) is -0.927. The van der Waals surface area contributed by atoms with Crippen molar-refractivity contribution in [1.29, 1.82) is 0 Å². The van der Waals surface area contributed by atoms with Crippen molar-refractivity contribution in [3.63, 3.8) is 0 Å². The normalized spacial score (nSPS) is 12.4. The summed E-state index contributed by atoms with van der Waals surface area (Å²) in [7, 11) is -1.63. The highest BCUT2D eigenvalue weighted by atomic mass is 79.9. The van der Waals surface area contributed by atoms with Gasteiger partial charge < -0.3 is 13.9 Å².